The van der Waals surface area contributed by atoms with Crippen LogP contribution in [0.1, 0.15) is 0 Å². The fourth-order valence-corrected chi connectivity index (χ4v) is 2.10. The van der Waals surface area contributed by atoms with E-state index in [-0.39, 0.29) is 19.1 Å². The fraction of sp³-hybridized carbons (Fsp3) is 0.357. The number of halogens is 2. The quantitative estimate of drug-likeness (QED) is 0.687. The molecule has 0 heterocycles. The van der Waals surface area contributed by atoms with Gasteiger partial charge in [0.2, 0.25) is 5.91 Å². The van der Waals surface area contributed by atoms with Gasteiger partial charge in [-0.05, 0) is 34.1 Å². The van der Waals surface area contributed by atoms with Crippen molar-refractivity contribution in [1.29, 1.82) is 0 Å². The molecule has 1 N–H and O–H groups in total. The van der Waals surface area contributed by atoms with E-state index in [2.05, 4.69) is 21.2 Å². The predicted molar refractivity (Wildman–Crippen MR) is 87.3 cm³/mol. The Hall–Kier alpha value is -1.80. The number of nitrogens with zero attached hydrogens (tertiary/aromatic N) is 1. The predicted octanol–water partition coefficient (Wildman–Crippen LogP) is 1.23. The highest BCUT2D eigenvalue weighted by molar-refractivity contribution is 9.10. The van der Waals surface area contributed by atoms with Crippen LogP contribution in [0.4, 0.5) is 0 Å². The third-order valence-electron chi connectivity index (χ3n) is 2.54. The zero-order valence-corrected chi connectivity index (χ0v) is 14.9. The van der Waals surface area contributed by atoms with Gasteiger partial charge in [0, 0.05) is 19.1 Å². The van der Waals surface area contributed by atoms with E-state index < -0.39 is 18.5 Å². The first-order chi connectivity index (χ1) is 10.8. The van der Waals surface area contributed by atoms with Crippen molar-refractivity contribution < 1.29 is 23.9 Å². The Labute approximate surface area is 147 Å². The van der Waals surface area contributed by atoms with Crippen LogP contribution in [-0.2, 0) is 19.1 Å². The van der Waals surface area contributed by atoms with Crippen LogP contribution in [0.25, 0.3) is 0 Å². The fourth-order valence-electron chi connectivity index (χ4n) is 1.30. The maximum atomic E-state index is 11.5. The van der Waals surface area contributed by atoms with Crippen LogP contribution in [0.5, 0.6) is 5.75 Å². The molecule has 0 radical (unpaired) electrons. The molecule has 2 amide bonds. The number of benzene rings is 1. The van der Waals surface area contributed by atoms with Crippen molar-refractivity contribution in [2.45, 2.75) is 0 Å². The summed E-state index contributed by atoms with van der Waals surface area (Å²) < 4.78 is 10.6. The molecule has 0 atom stereocenters. The van der Waals surface area contributed by atoms with E-state index in [1.54, 1.807) is 32.3 Å². The number of nitrogens with one attached hydrogen (secondary N) is 1. The van der Waals surface area contributed by atoms with Gasteiger partial charge in [-0.2, -0.15) is 0 Å². The SMILES string of the molecule is CN(C)C(=O)CNC(=O)COC(=O)COc1ccc(Cl)cc1Br. The van der Waals surface area contributed by atoms with Crippen LogP contribution in [0.3, 0.4) is 0 Å². The molecule has 7 nitrogen and oxygen atoms in total. The minimum Gasteiger partial charge on any atom is -0.481 e. The molecule has 23 heavy (non-hydrogen) atoms. The van der Waals surface area contributed by atoms with E-state index >= 15 is 0 Å². The van der Waals surface area contributed by atoms with Crippen LogP contribution in [-0.4, -0.2) is 56.5 Å². The number of rotatable bonds is 7. The Morgan fingerprint density at radius 2 is 1.96 bits per heavy atom. The van der Waals surface area contributed by atoms with Gasteiger partial charge in [0.25, 0.3) is 5.91 Å². The first kappa shape index (κ1) is 19.2. The Morgan fingerprint density at radius 1 is 1.26 bits per heavy atom. The van der Waals surface area contributed by atoms with Crippen molar-refractivity contribution in [2.75, 3.05) is 33.9 Å². The summed E-state index contributed by atoms with van der Waals surface area (Å²) in [6, 6.07) is 4.83. The molecule has 0 fully saturated rings. The van der Waals surface area contributed by atoms with Gasteiger partial charge in [-0.15, -0.1) is 0 Å². The largest absolute Gasteiger partial charge is 0.481 e. The Morgan fingerprint density at radius 3 is 2.57 bits per heavy atom. The standard InChI is InChI=1S/C14H16BrClN2O5/c1-18(2)13(20)6-17-12(19)7-23-14(21)8-22-11-4-3-9(16)5-10(11)15/h3-5H,6-8H2,1-2H3,(H,17,19). The number of carbonyl (C=O) groups is 3. The first-order valence-corrected chi connectivity index (χ1v) is 7.67. The van der Waals surface area contributed by atoms with Gasteiger partial charge in [0.05, 0.1) is 11.0 Å². The Balaban J connectivity index is 2.29. The summed E-state index contributed by atoms with van der Waals surface area (Å²) in [7, 11) is 3.14. The highest BCUT2D eigenvalue weighted by Crippen LogP contribution is 2.27. The smallest absolute Gasteiger partial charge is 0.344 e. The van der Waals surface area contributed by atoms with Crippen molar-refractivity contribution in [3.8, 4) is 5.75 Å². The molecule has 126 valence electrons. The second-order valence-electron chi connectivity index (χ2n) is 4.59. The molecule has 1 rings (SSSR count). The zero-order valence-electron chi connectivity index (χ0n) is 12.6. The lowest BCUT2D eigenvalue weighted by Crippen LogP contribution is -2.38. The molecule has 0 bridgehead atoms. The monoisotopic (exact) mass is 406 g/mol. The third kappa shape index (κ3) is 7.34. The van der Waals surface area contributed by atoms with Crippen molar-refractivity contribution in [2.24, 2.45) is 0 Å². The summed E-state index contributed by atoms with van der Waals surface area (Å²) in [5, 5.41) is 2.86. The first-order valence-electron chi connectivity index (χ1n) is 6.50. The second kappa shape index (κ2) is 9.36. The van der Waals surface area contributed by atoms with Crippen LogP contribution < -0.4 is 10.1 Å². The Kier molecular flexibility index (Phi) is 7.84. The van der Waals surface area contributed by atoms with Crippen molar-refractivity contribution in [1.82, 2.24) is 10.2 Å². The number of hydrogen-bond acceptors (Lipinski definition) is 5. The molecule has 0 unspecified atom stereocenters. The lowest BCUT2D eigenvalue weighted by atomic mass is 10.3. The molecule has 0 saturated carbocycles. The average Bonchev–Trinajstić information content (AvgIpc) is 2.49. The lowest BCUT2D eigenvalue weighted by Gasteiger charge is -2.11. The summed E-state index contributed by atoms with van der Waals surface area (Å²) in [5.41, 5.74) is 0. The minimum atomic E-state index is -0.707. The molecule has 0 aliphatic rings. The summed E-state index contributed by atoms with van der Waals surface area (Å²) in [4.78, 5) is 35.5. The number of likely N-dealkylation sites (N-methyl/N-ethyl adjacent to an activating group) is 1. The van der Waals surface area contributed by atoms with Gasteiger partial charge < -0.3 is 19.7 Å². The zero-order chi connectivity index (χ0) is 17.4. The van der Waals surface area contributed by atoms with Gasteiger partial charge in [0.15, 0.2) is 13.2 Å². The minimum absolute atomic E-state index is 0.155. The molecule has 0 spiro atoms. The second-order valence-corrected chi connectivity index (χ2v) is 5.88. The molecule has 0 saturated heterocycles. The van der Waals surface area contributed by atoms with Crippen molar-refractivity contribution in [3.05, 3.63) is 27.7 Å². The summed E-state index contributed by atoms with van der Waals surface area (Å²) >= 11 is 9.03. The van der Waals surface area contributed by atoms with E-state index in [4.69, 9.17) is 21.1 Å². The van der Waals surface area contributed by atoms with Gasteiger partial charge in [-0.25, -0.2) is 4.79 Å². The van der Waals surface area contributed by atoms with E-state index in [1.807, 2.05) is 0 Å². The van der Waals surface area contributed by atoms with Crippen LogP contribution in [0.2, 0.25) is 5.02 Å². The molecule has 1 aromatic carbocycles. The van der Waals surface area contributed by atoms with Crippen LogP contribution >= 0.6 is 27.5 Å². The van der Waals surface area contributed by atoms with Gasteiger partial charge in [-0.3, -0.25) is 9.59 Å². The maximum Gasteiger partial charge on any atom is 0.344 e. The number of esters is 1. The number of amides is 2. The molecule has 1 aromatic rings. The molecule has 0 aliphatic carbocycles. The number of hydrogen-bond donors (Lipinski definition) is 1. The third-order valence-corrected chi connectivity index (χ3v) is 3.39. The number of ether oxygens (including phenoxy) is 2. The van der Waals surface area contributed by atoms with E-state index in [0.29, 0.717) is 15.2 Å². The summed E-state index contributed by atoms with van der Waals surface area (Å²) in [6.07, 6.45) is 0. The summed E-state index contributed by atoms with van der Waals surface area (Å²) in [6.45, 7) is -0.994. The summed E-state index contributed by atoms with van der Waals surface area (Å²) in [5.74, 6) is -1.12. The van der Waals surface area contributed by atoms with Crippen LogP contribution in [0.15, 0.2) is 22.7 Å². The van der Waals surface area contributed by atoms with Crippen molar-refractivity contribution in [3.63, 3.8) is 0 Å². The normalized spacial score (nSPS) is 9.91. The highest BCUT2D eigenvalue weighted by atomic mass is 79.9. The topological polar surface area (TPSA) is 84.9 Å². The van der Waals surface area contributed by atoms with Gasteiger partial charge in [0.1, 0.15) is 5.75 Å². The van der Waals surface area contributed by atoms with Gasteiger partial charge in [-0.1, -0.05) is 11.6 Å². The van der Waals surface area contributed by atoms with Crippen molar-refractivity contribution >= 4 is 45.3 Å². The van der Waals surface area contributed by atoms with E-state index in [0.717, 1.165) is 0 Å². The lowest BCUT2D eigenvalue weighted by molar-refractivity contribution is -0.150. The van der Waals surface area contributed by atoms with Gasteiger partial charge >= 0.3 is 5.97 Å². The van der Waals surface area contributed by atoms with E-state index in [9.17, 15) is 14.4 Å². The molecule has 9 heteroatoms. The maximum absolute atomic E-state index is 11.5. The van der Waals surface area contributed by atoms with Crippen LogP contribution in [0, 0.1) is 0 Å². The number of carbonyl (C=O) groups excluding carboxylic acids is 3. The molecule has 0 aromatic heterocycles. The molecule has 0 aliphatic heterocycles. The average molecular weight is 408 g/mol. The van der Waals surface area contributed by atoms with E-state index in [1.165, 1.54) is 4.90 Å². The molecular weight excluding hydrogens is 392 g/mol. The molecular formula is C14H16BrClN2O5. The highest BCUT2D eigenvalue weighted by Gasteiger charge is 2.11. The Bertz CT molecular complexity index is 595.